The molecule has 0 N–H and O–H groups in total. The van der Waals surface area contributed by atoms with Gasteiger partial charge < -0.3 is 4.79 Å². The van der Waals surface area contributed by atoms with Crippen LogP contribution in [-0.4, -0.2) is 37.9 Å². The summed E-state index contributed by atoms with van der Waals surface area (Å²) < 4.78 is 22.9. The van der Waals surface area contributed by atoms with Crippen LogP contribution in [0.25, 0.3) is 0 Å². The Balaban J connectivity index is 2.87. The van der Waals surface area contributed by atoms with E-state index in [-0.39, 0.29) is 5.75 Å². The number of likely N-dealkylation sites (N-methyl/N-ethyl adjacent to an activating group) is 1. The van der Waals surface area contributed by atoms with E-state index >= 15 is 0 Å². The average Bonchev–Trinajstić information content (AvgIpc) is 2.10. The second-order valence-electron chi connectivity index (χ2n) is 2.32. The van der Waals surface area contributed by atoms with E-state index in [1.165, 1.54) is 7.05 Å². The topological polar surface area (TPSA) is 54.5 Å². The molecule has 1 heterocycles. The predicted molar refractivity (Wildman–Crippen MR) is 36.0 cm³/mol. The molecule has 4 nitrogen and oxygen atoms in total. The van der Waals surface area contributed by atoms with E-state index in [9.17, 15) is 13.2 Å². The Morgan fingerprint density at radius 3 is 2.40 bits per heavy atom. The minimum Gasteiger partial charge on any atom is -0.302 e. The summed E-state index contributed by atoms with van der Waals surface area (Å²) in [6.07, 6.45) is 1.10. The number of carbonyl (C=O) groups excluding carboxylic acids is 1. The molecule has 0 aromatic rings. The first-order valence-corrected chi connectivity index (χ1v) is 4.60. The average molecular weight is 163 g/mol. The molecule has 0 aromatic carbocycles. The molecule has 0 aliphatic carbocycles. The molecule has 5 heteroatoms. The van der Waals surface area contributed by atoms with Gasteiger partial charge in [-0.2, -0.15) is 4.31 Å². The summed E-state index contributed by atoms with van der Waals surface area (Å²) in [5.74, 6) is 0.104. The van der Waals surface area contributed by atoms with E-state index in [0.717, 1.165) is 4.31 Å². The van der Waals surface area contributed by atoms with Gasteiger partial charge in [-0.05, 0) is 6.42 Å². The lowest BCUT2D eigenvalue weighted by atomic mass is 10.3. The highest BCUT2D eigenvalue weighted by atomic mass is 32.2. The van der Waals surface area contributed by atoms with Crippen molar-refractivity contribution in [1.82, 2.24) is 4.31 Å². The molecule has 0 unspecified atom stereocenters. The number of nitrogens with zero attached hydrogens (tertiary/aromatic N) is 1. The van der Waals surface area contributed by atoms with Crippen LogP contribution in [0.5, 0.6) is 0 Å². The first-order valence-electron chi connectivity index (χ1n) is 2.99. The smallest absolute Gasteiger partial charge is 0.214 e. The fourth-order valence-corrected chi connectivity index (χ4v) is 2.35. The summed E-state index contributed by atoms with van der Waals surface area (Å²) in [5, 5.41) is 0. The van der Waals surface area contributed by atoms with Crippen LogP contribution in [0.3, 0.4) is 0 Å². The van der Waals surface area contributed by atoms with E-state index in [0.29, 0.717) is 12.7 Å². The van der Waals surface area contributed by atoms with Gasteiger partial charge in [0, 0.05) is 7.05 Å². The molecule has 1 fully saturated rings. The summed E-state index contributed by atoms with van der Waals surface area (Å²) in [6.45, 7) is 0. The van der Waals surface area contributed by atoms with Gasteiger partial charge in [0.1, 0.15) is 6.29 Å². The number of carbonyl (C=O) groups is 1. The highest BCUT2D eigenvalue weighted by Crippen LogP contribution is 2.16. The van der Waals surface area contributed by atoms with Crippen LogP contribution in [0.4, 0.5) is 0 Å². The van der Waals surface area contributed by atoms with Crippen molar-refractivity contribution in [3.05, 3.63) is 0 Å². The molecule has 1 aliphatic heterocycles. The monoisotopic (exact) mass is 163 g/mol. The van der Waals surface area contributed by atoms with Gasteiger partial charge in [0.15, 0.2) is 0 Å². The molecule has 0 saturated carbocycles. The largest absolute Gasteiger partial charge is 0.302 e. The van der Waals surface area contributed by atoms with Gasteiger partial charge in [0.2, 0.25) is 10.0 Å². The molecule has 0 radical (unpaired) electrons. The van der Waals surface area contributed by atoms with E-state index < -0.39 is 16.1 Å². The van der Waals surface area contributed by atoms with Crippen molar-refractivity contribution < 1.29 is 13.2 Å². The lowest BCUT2D eigenvalue weighted by Gasteiger charge is -2.10. The van der Waals surface area contributed by atoms with Crippen LogP contribution in [0.2, 0.25) is 0 Å². The zero-order chi connectivity index (χ0) is 7.78. The summed E-state index contributed by atoms with van der Waals surface area (Å²) in [6, 6.07) is -0.426. The Hall–Kier alpha value is -0.420. The Morgan fingerprint density at radius 2 is 2.20 bits per heavy atom. The van der Waals surface area contributed by atoms with Crippen LogP contribution in [0.1, 0.15) is 6.42 Å². The van der Waals surface area contributed by atoms with Crippen molar-refractivity contribution in [2.75, 3.05) is 12.8 Å². The molecule has 1 rings (SSSR count). The minimum atomic E-state index is -3.08. The lowest BCUT2D eigenvalue weighted by Crippen LogP contribution is -2.29. The Morgan fingerprint density at radius 1 is 1.60 bits per heavy atom. The molecule has 0 spiro atoms. The zero-order valence-electron chi connectivity index (χ0n) is 5.65. The Labute approximate surface area is 59.9 Å². The number of hydrogen-bond donors (Lipinski definition) is 0. The van der Waals surface area contributed by atoms with E-state index in [1.807, 2.05) is 0 Å². The molecule has 0 amide bonds. The van der Waals surface area contributed by atoms with E-state index in [1.54, 1.807) is 0 Å². The number of rotatable bonds is 1. The van der Waals surface area contributed by atoms with Crippen LogP contribution in [-0.2, 0) is 14.8 Å². The van der Waals surface area contributed by atoms with E-state index in [4.69, 9.17) is 0 Å². The molecule has 0 bridgehead atoms. The number of hydrogen-bond acceptors (Lipinski definition) is 3. The molecule has 10 heavy (non-hydrogen) atoms. The minimum absolute atomic E-state index is 0.104. The first kappa shape index (κ1) is 7.68. The number of sulfonamides is 1. The van der Waals surface area contributed by atoms with Crippen molar-refractivity contribution in [2.45, 2.75) is 12.5 Å². The van der Waals surface area contributed by atoms with Crippen LogP contribution in [0.15, 0.2) is 0 Å². The van der Waals surface area contributed by atoms with Crippen molar-refractivity contribution in [2.24, 2.45) is 0 Å². The predicted octanol–water partition coefficient (Wildman–Crippen LogP) is -0.781. The third kappa shape index (κ3) is 1.06. The molecule has 1 saturated heterocycles. The van der Waals surface area contributed by atoms with Gasteiger partial charge >= 0.3 is 0 Å². The molecule has 1 atom stereocenters. The van der Waals surface area contributed by atoms with Crippen molar-refractivity contribution in [3.8, 4) is 0 Å². The second kappa shape index (κ2) is 2.32. The number of aldehydes is 1. The quantitative estimate of drug-likeness (QED) is 0.476. The second-order valence-corrected chi connectivity index (χ2v) is 4.47. The third-order valence-electron chi connectivity index (χ3n) is 1.73. The summed E-state index contributed by atoms with van der Waals surface area (Å²) in [5.41, 5.74) is 0. The highest BCUT2D eigenvalue weighted by molar-refractivity contribution is 7.89. The van der Waals surface area contributed by atoms with Crippen molar-refractivity contribution in [3.63, 3.8) is 0 Å². The van der Waals surface area contributed by atoms with Gasteiger partial charge in [-0.3, -0.25) is 0 Å². The van der Waals surface area contributed by atoms with Crippen LogP contribution in [0, 0.1) is 0 Å². The fraction of sp³-hybridized carbons (Fsp3) is 0.800. The third-order valence-corrected chi connectivity index (χ3v) is 3.63. The first-order chi connectivity index (χ1) is 4.58. The molecular weight excluding hydrogens is 154 g/mol. The Kier molecular flexibility index (Phi) is 1.78. The standard InChI is InChI=1S/C5H9NO3S/c1-6-5(4-7)2-3-10(6,8)9/h4-5H,2-3H2,1H3/t5-/m1/s1. The fourth-order valence-electron chi connectivity index (χ4n) is 0.956. The summed E-state index contributed by atoms with van der Waals surface area (Å²) in [7, 11) is -1.65. The van der Waals surface area contributed by atoms with Gasteiger partial charge in [-0.25, -0.2) is 8.42 Å². The van der Waals surface area contributed by atoms with Gasteiger partial charge in [-0.1, -0.05) is 0 Å². The summed E-state index contributed by atoms with van der Waals surface area (Å²) in [4.78, 5) is 10.2. The Bertz CT molecular complexity index is 233. The van der Waals surface area contributed by atoms with Gasteiger partial charge in [-0.15, -0.1) is 0 Å². The lowest BCUT2D eigenvalue weighted by molar-refractivity contribution is -0.110. The zero-order valence-corrected chi connectivity index (χ0v) is 6.47. The maximum atomic E-state index is 10.9. The molecule has 0 aromatic heterocycles. The van der Waals surface area contributed by atoms with Crippen LogP contribution < -0.4 is 0 Å². The highest BCUT2D eigenvalue weighted by Gasteiger charge is 2.33. The van der Waals surface area contributed by atoms with Crippen molar-refractivity contribution in [1.29, 1.82) is 0 Å². The van der Waals surface area contributed by atoms with E-state index in [2.05, 4.69) is 0 Å². The van der Waals surface area contributed by atoms with Gasteiger partial charge in [0.05, 0.1) is 11.8 Å². The SMILES string of the molecule is CN1[C@@H](C=O)CCS1(=O)=O. The normalized spacial score (nSPS) is 32.3. The molecule has 58 valence electrons. The van der Waals surface area contributed by atoms with Gasteiger partial charge in [0.25, 0.3) is 0 Å². The maximum absolute atomic E-state index is 10.9. The van der Waals surface area contributed by atoms with Crippen LogP contribution >= 0.6 is 0 Å². The van der Waals surface area contributed by atoms with Crippen molar-refractivity contribution >= 4 is 16.3 Å². The summed E-state index contributed by atoms with van der Waals surface area (Å²) >= 11 is 0. The molecule has 1 aliphatic rings. The maximum Gasteiger partial charge on any atom is 0.214 e. The molecular formula is C5H9NO3S.